The maximum atomic E-state index is 12.8. The summed E-state index contributed by atoms with van der Waals surface area (Å²) in [5.74, 6) is 0.0449. The van der Waals surface area contributed by atoms with Crippen molar-refractivity contribution in [2.75, 3.05) is 18.5 Å². The fraction of sp³-hybridized carbons (Fsp3) is 0.214. The molecule has 0 spiro atoms. The van der Waals surface area contributed by atoms with E-state index in [2.05, 4.69) is 10.3 Å². The third-order valence-electron chi connectivity index (χ3n) is 2.38. The first-order valence-electron chi connectivity index (χ1n) is 5.83. The molecule has 0 aliphatic rings. The van der Waals surface area contributed by atoms with Gasteiger partial charge in [-0.2, -0.15) is 4.39 Å². The van der Waals surface area contributed by atoms with Crippen molar-refractivity contribution in [3.05, 3.63) is 60.0 Å². The van der Waals surface area contributed by atoms with E-state index in [0.29, 0.717) is 25.6 Å². The monoisotopic (exact) mass is 246 g/mol. The van der Waals surface area contributed by atoms with Crippen LogP contribution in [0.2, 0.25) is 0 Å². The fourth-order valence-electron chi connectivity index (χ4n) is 1.52. The summed E-state index contributed by atoms with van der Waals surface area (Å²) in [5, 5.41) is 3.00. The van der Waals surface area contributed by atoms with Crippen LogP contribution in [-0.4, -0.2) is 18.1 Å². The predicted molar refractivity (Wildman–Crippen MR) is 68.8 cm³/mol. The average Bonchev–Trinajstić information content (AvgIpc) is 2.40. The molecular weight excluding hydrogens is 231 g/mol. The summed E-state index contributed by atoms with van der Waals surface area (Å²) in [7, 11) is 0. The van der Waals surface area contributed by atoms with Gasteiger partial charge in [-0.15, -0.1) is 0 Å². The van der Waals surface area contributed by atoms with Crippen molar-refractivity contribution in [2.45, 2.75) is 6.61 Å². The third kappa shape index (κ3) is 4.14. The van der Waals surface area contributed by atoms with Crippen LogP contribution in [-0.2, 0) is 11.3 Å². The SMILES string of the molecule is Fc1cccc(NCCOCc2ccccc2)n1. The molecule has 0 radical (unpaired) electrons. The molecule has 0 bridgehead atoms. The van der Waals surface area contributed by atoms with Crippen molar-refractivity contribution in [3.63, 3.8) is 0 Å². The predicted octanol–water partition coefficient (Wildman–Crippen LogP) is 2.85. The molecule has 3 nitrogen and oxygen atoms in total. The maximum absolute atomic E-state index is 12.8. The van der Waals surface area contributed by atoms with Gasteiger partial charge in [-0.3, -0.25) is 0 Å². The van der Waals surface area contributed by atoms with Crippen LogP contribution >= 0.6 is 0 Å². The van der Waals surface area contributed by atoms with E-state index in [4.69, 9.17) is 4.74 Å². The van der Waals surface area contributed by atoms with Gasteiger partial charge in [-0.05, 0) is 17.7 Å². The summed E-state index contributed by atoms with van der Waals surface area (Å²) in [6, 6.07) is 14.6. The van der Waals surface area contributed by atoms with Crippen LogP contribution in [0.4, 0.5) is 10.2 Å². The lowest BCUT2D eigenvalue weighted by Crippen LogP contribution is -2.10. The minimum absolute atomic E-state index is 0.481. The average molecular weight is 246 g/mol. The second-order valence-electron chi connectivity index (χ2n) is 3.81. The normalized spacial score (nSPS) is 10.3. The molecule has 94 valence electrons. The third-order valence-corrected chi connectivity index (χ3v) is 2.38. The number of hydrogen-bond donors (Lipinski definition) is 1. The molecule has 0 atom stereocenters. The zero-order valence-electron chi connectivity index (χ0n) is 9.97. The number of benzene rings is 1. The summed E-state index contributed by atoms with van der Waals surface area (Å²) in [5.41, 5.74) is 1.14. The van der Waals surface area contributed by atoms with Crippen molar-refractivity contribution in [3.8, 4) is 0 Å². The van der Waals surface area contributed by atoms with Gasteiger partial charge in [-0.1, -0.05) is 36.4 Å². The van der Waals surface area contributed by atoms with Crippen LogP contribution in [0.15, 0.2) is 48.5 Å². The summed E-state index contributed by atoms with van der Waals surface area (Å²) in [4.78, 5) is 3.70. The highest BCUT2D eigenvalue weighted by molar-refractivity contribution is 5.33. The number of aromatic nitrogens is 1. The Kier molecular flexibility index (Phi) is 4.67. The molecule has 1 aromatic carbocycles. The second-order valence-corrected chi connectivity index (χ2v) is 3.81. The van der Waals surface area contributed by atoms with Gasteiger partial charge in [-0.25, -0.2) is 4.98 Å². The van der Waals surface area contributed by atoms with E-state index in [1.165, 1.54) is 6.07 Å². The number of nitrogens with one attached hydrogen (secondary N) is 1. The number of hydrogen-bond acceptors (Lipinski definition) is 3. The second kappa shape index (κ2) is 6.71. The van der Waals surface area contributed by atoms with E-state index in [-0.39, 0.29) is 0 Å². The number of ether oxygens (including phenoxy) is 1. The standard InChI is InChI=1S/C14H15FN2O/c15-13-7-4-8-14(17-13)16-9-10-18-11-12-5-2-1-3-6-12/h1-8H,9-11H2,(H,16,17). The zero-order chi connectivity index (χ0) is 12.6. The van der Waals surface area contributed by atoms with Crippen LogP contribution in [0, 0.1) is 5.95 Å². The summed E-state index contributed by atoms with van der Waals surface area (Å²) < 4.78 is 18.3. The Morgan fingerprint density at radius 1 is 1.06 bits per heavy atom. The molecule has 0 aliphatic carbocycles. The minimum Gasteiger partial charge on any atom is -0.375 e. The summed E-state index contributed by atoms with van der Waals surface area (Å²) in [6.45, 7) is 1.73. The van der Waals surface area contributed by atoms with E-state index in [1.54, 1.807) is 12.1 Å². The van der Waals surface area contributed by atoms with Crippen molar-refractivity contribution in [1.82, 2.24) is 4.98 Å². The fourth-order valence-corrected chi connectivity index (χ4v) is 1.52. The molecule has 4 heteroatoms. The van der Waals surface area contributed by atoms with Crippen molar-refractivity contribution in [1.29, 1.82) is 0 Å². The maximum Gasteiger partial charge on any atom is 0.214 e. The van der Waals surface area contributed by atoms with Crippen LogP contribution in [0.1, 0.15) is 5.56 Å². The van der Waals surface area contributed by atoms with Gasteiger partial charge in [0.15, 0.2) is 0 Å². The Bertz CT molecular complexity index is 476. The van der Waals surface area contributed by atoms with E-state index in [1.807, 2.05) is 30.3 Å². The lowest BCUT2D eigenvalue weighted by atomic mass is 10.2. The van der Waals surface area contributed by atoms with E-state index < -0.39 is 5.95 Å². The Morgan fingerprint density at radius 3 is 2.67 bits per heavy atom. The summed E-state index contributed by atoms with van der Waals surface area (Å²) >= 11 is 0. The first-order valence-corrected chi connectivity index (χ1v) is 5.83. The molecule has 1 N–H and O–H groups in total. The minimum atomic E-state index is -0.481. The molecule has 1 aromatic heterocycles. The van der Waals surface area contributed by atoms with Gasteiger partial charge < -0.3 is 10.1 Å². The topological polar surface area (TPSA) is 34.1 Å². The smallest absolute Gasteiger partial charge is 0.214 e. The number of pyridine rings is 1. The van der Waals surface area contributed by atoms with Gasteiger partial charge in [0, 0.05) is 6.54 Å². The first kappa shape index (κ1) is 12.5. The Balaban J connectivity index is 1.65. The van der Waals surface area contributed by atoms with Gasteiger partial charge >= 0.3 is 0 Å². The van der Waals surface area contributed by atoms with Crippen molar-refractivity contribution in [2.24, 2.45) is 0 Å². The van der Waals surface area contributed by atoms with Crippen LogP contribution < -0.4 is 5.32 Å². The van der Waals surface area contributed by atoms with Crippen LogP contribution in [0.3, 0.4) is 0 Å². The molecule has 0 saturated heterocycles. The number of rotatable bonds is 6. The van der Waals surface area contributed by atoms with Gasteiger partial charge in [0.05, 0.1) is 13.2 Å². The van der Waals surface area contributed by atoms with Crippen LogP contribution in [0.25, 0.3) is 0 Å². The highest BCUT2D eigenvalue weighted by Gasteiger charge is 1.96. The van der Waals surface area contributed by atoms with Crippen molar-refractivity contribution < 1.29 is 9.13 Å². The molecule has 18 heavy (non-hydrogen) atoms. The lowest BCUT2D eigenvalue weighted by Gasteiger charge is -2.06. The Labute approximate surface area is 106 Å². The lowest BCUT2D eigenvalue weighted by molar-refractivity contribution is 0.130. The Morgan fingerprint density at radius 2 is 1.89 bits per heavy atom. The zero-order valence-corrected chi connectivity index (χ0v) is 9.97. The van der Waals surface area contributed by atoms with E-state index >= 15 is 0 Å². The highest BCUT2D eigenvalue weighted by atomic mass is 19.1. The van der Waals surface area contributed by atoms with E-state index in [9.17, 15) is 4.39 Å². The number of halogens is 1. The van der Waals surface area contributed by atoms with E-state index in [0.717, 1.165) is 5.56 Å². The van der Waals surface area contributed by atoms with Gasteiger partial charge in [0.2, 0.25) is 5.95 Å². The molecule has 0 amide bonds. The molecule has 2 aromatic rings. The van der Waals surface area contributed by atoms with Gasteiger partial charge in [0.25, 0.3) is 0 Å². The number of nitrogens with zero attached hydrogens (tertiary/aromatic N) is 1. The molecule has 0 fully saturated rings. The largest absolute Gasteiger partial charge is 0.375 e. The number of anilines is 1. The molecule has 0 aliphatic heterocycles. The molecule has 1 heterocycles. The van der Waals surface area contributed by atoms with Crippen LogP contribution in [0.5, 0.6) is 0 Å². The Hall–Kier alpha value is -1.94. The summed E-state index contributed by atoms with van der Waals surface area (Å²) in [6.07, 6.45) is 0. The molecule has 0 saturated carbocycles. The molecule has 2 rings (SSSR count). The van der Waals surface area contributed by atoms with Crippen molar-refractivity contribution >= 4 is 5.82 Å². The first-order chi connectivity index (χ1) is 8.84. The highest BCUT2D eigenvalue weighted by Crippen LogP contribution is 2.03. The quantitative estimate of drug-likeness (QED) is 0.628. The molecular formula is C14H15FN2O. The molecule has 0 unspecified atom stereocenters. The van der Waals surface area contributed by atoms with Gasteiger partial charge in [0.1, 0.15) is 5.82 Å².